The summed E-state index contributed by atoms with van der Waals surface area (Å²) < 4.78 is 4.61. The van der Waals surface area contributed by atoms with Crippen molar-refractivity contribution in [1.82, 2.24) is 0 Å². The van der Waals surface area contributed by atoms with Crippen molar-refractivity contribution in [2.75, 3.05) is 12.4 Å². The normalized spacial score (nSPS) is 10.0. The molecule has 5 nitrogen and oxygen atoms in total. The SMILES string of the molecule is COC(=O)CCc1ccccc1C(=O)Nc1ccccc1O. The van der Waals surface area contributed by atoms with E-state index in [-0.39, 0.29) is 24.0 Å². The molecular weight excluding hydrogens is 282 g/mol. The minimum absolute atomic E-state index is 0.00268. The summed E-state index contributed by atoms with van der Waals surface area (Å²) in [6, 6.07) is 13.5. The van der Waals surface area contributed by atoms with Crippen LogP contribution in [0.5, 0.6) is 5.75 Å². The molecule has 0 bridgehead atoms. The van der Waals surface area contributed by atoms with Gasteiger partial charge in [-0.3, -0.25) is 9.59 Å². The van der Waals surface area contributed by atoms with Crippen LogP contribution in [0.15, 0.2) is 48.5 Å². The molecule has 0 unspecified atom stereocenters. The number of hydrogen-bond acceptors (Lipinski definition) is 4. The number of anilines is 1. The highest BCUT2D eigenvalue weighted by atomic mass is 16.5. The third kappa shape index (κ3) is 3.85. The van der Waals surface area contributed by atoms with Crippen molar-refractivity contribution >= 4 is 17.6 Å². The Bertz CT molecular complexity index is 682. The molecule has 0 heterocycles. The minimum atomic E-state index is -0.332. The summed E-state index contributed by atoms with van der Waals surface area (Å²) in [6.45, 7) is 0. The molecule has 5 heteroatoms. The summed E-state index contributed by atoms with van der Waals surface area (Å²) in [4.78, 5) is 23.6. The van der Waals surface area contributed by atoms with Gasteiger partial charge in [0.15, 0.2) is 0 Å². The number of ether oxygens (including phenoxy) is 1. The zero-order valence-electron chi connectivity index (χ0n) is 12.2. The average molecular weight is 299 g/mol. The van der Waals surface area contributed by atoms with Gasteiger partial charge in [-0.25, -0.2) is 0 Å². The number of hydrogen-bond donors (Lipinski definition) is 2. The topological polar surface area (TPSA) is 75.6 Å². The molecule has 2 rings (SSSR count). The Morgan fingerprint density at radius 1 is 1.09 bits per heavy atom. The maximum absolute atomic E-state index is 12.4. The summed E-state index contributed by atoms with van der Waals surface area (Å²) in [5, 5.41) is 12.4. The number of benzene rings is 2. The van der Waals surface area contributed by atoms with Crippen LogP contribution in [0.1, 0.15) is 22.3 Å². The summed E-state index contributed by atoms with van der Waals surface area (Å²) in [6.07, 6.45) is 0.619. The highest BCUT2D eigenvalue weighted by Gasteiger charge is 2.13. The maximum atomic E-state index is 12.4. The van der Waals surface area contributed by atoms with Gasteiger partial charge in [-0.2, -0.15) is 0 Å². The quantitative estimate of drug-likeness (QED) is 0.657. The Labute approximate surface area is 128 Å². The highest BCUT2D eigenvalue weighted by molar-refractivity contribution is 6.06. The number of carbonyl (C=O) groups is 2. The smallest absolute Gasteiger partial charge is 0.305 e. The van der Waals surface area contributed by atoms with Crippen molar-refractivity contribution in [2.45, 2.75) is 12.8 Å². The number of esters is 1. The van der Waals surface area contributed by atoms with Crippen LogP contribution in [-0.2, 0) is 16.0 Å². The number of phenols is 1. The summed E-state index contributed by atoms with van der Waals surface area (Å²) in [5.41, 5.74) is 1.56. The van der Waals surface area contributed by atoms with Crippen LogP contribution in [0.25, 0.3) is 0 Å². The first-order chi connectivity index (χ1) is 10.6. The lowest BCUT2D eigenvalue weighted by atomic mass is 10.0. The second kappa shape index (κ2) is 7.26. The van der Waals surface area contributed by atoms with E-state index in [1.165, 1.54) is 13.2 Å². The standard InChI is InChI=1S/C17H17NO4/c1-22-16(20)11-10-12-6-2-3-7-13(12)17(21)18-14-8-4-5-9-15(14)19/h2-9,19H,10-11H2,1H3,(H,18,21). The highest BCUT2D eigenvalue weighted by Crippen LogP contribution is 2.23. The number of phenolic OH excluding ortho intramolecular Hbond substituents is 1. The molecule has 0 fully saturated rings. The van der Waals surface area contributed by atoms with Crippen molar-refractivity contribution < 1.29 is 19.4 Å². The number of rotatable bonds is 5. The lowest BCUT2D eigenvalue weighted by Gasteiger charge is -2.10. The van der Waals surface area contributed by atoms with Crippen LogP contribution in [0.2, 0.25) is 0 Å². The molecule has 0 aliphatic carbocycles. The van der Waals surface area contributed by atoms with Crippen molar-refractivity contribution in [3.63, 3.8) is 0 Å². The van der Waals surface area contributed by atoms with Crippen LogP contribution in [-0.4, -0.2) is 24.1 Å². The molecule has 0 saturated carbocycles. The third-order valence-corrected chi connectivity index (χ3v) is 3.24. The van der Waals surface area contributed by atoms with Crippen LogP contribution in [0.4, 0.5) is 5.69 Å². The minimum Gasteiger partial charge on any atom is -0.506 e. The van der Waals surface area contributed by atoms with E-state index >= 15 is 0 Å². The molecule has 0 aliphatic heterocycles. The van der Waals surface area contributed by atoms with Crippen molar-refractivity contribution in [2.24, 2.45) is 0 Å². The fraction of sp³-hybridized carbons (Fsp3) is 0.176. The molecule has 1 amide bonds. The van der Waals surface area contributed by atoms with Gasteiger partial charge in [0.1, 0.15) is 5.75 Å². The summed E-state index contributed by atoms with van der Waals surface area (Å²) in [5.74, 6) is -0.652. The monoisotopic (exact) mass is 299 g/mol. The molecule has 22 heavy (non-hydrogen) atoms. The number of methoxy groups -OCH3 is 1. The lowest BCUT2D eigenvalue weighted by molar-refractivity contribution is -0.140. The van der Waals surface area contributed by atoms with Crippen molar-refractivity contribution in [3.05, 3.63) is 59.7 Å². The summed E-state index contributed by atoms with van der Waals surface area (Å²) in [7, 11) is 1.33. The Morgan fingerprint density at radius 2 is 1.77 bits per heavy atom. The molecule has 0 aromatic heterocycles. The largest absolute Gasteiger partial charge is 0.506 e. The molecule has 0 atom stereocenters. The van der Waals surface area contributed by atoms with Gasteiger partial charge < -0.3 is 15.2 Å². The van der Waals surface area contributed by atoms with Gasteiger partial charge in [0, 0.05) is 12.0 Å². The molecule has 0 spiro atoms. The van der Waals surface area contributed by atoms with E-state index in [2.05, 4.69) is 10.1 Å². The van der Waals surface area contributed by atoms with Crippen LogP contribution < -0.4 is 5.32 Å². The van der Waals surface area contributed by atoms with Gasteiger partial charge in [0.2, 0.25) is 0 Å². The van der Waals surface area contributed by atoms with E-state index in [4.69, 9.17) is 0 Å². The Hall–Kier alpha value is -2.82. The number of para-hydroxylation sites is 2. The number of carbonyl (C=O) groups excluding carboxylic acids is 2. The second-order valence-electron chi connectivity index (χ2n) is 4.70. The Kier molecular flexibility index (Phi) is 5.14. The van der Waals surface area contributed by atoms with Crippen molar-refractivity contribution in [1.29, 1.82) is 0 Å². The van der Waals surface area contributed by atoms with E-state index in [1.807, 2.05) is 6.07 Å². The molecule has 2 aromatic carbocycles. The van der Waals surface area contributed by atoms with Crippen LogP contribution >= 0.6 is 0 Å². The first kappa shape index (κ1) is 15.6. The van der Waals surface area contributed by atoms with E-state index in [1.54, 1.807) is 36.4 Å². The third-order valence-electron chi connectivity index (χ3n) is 3.24. The predicted octanol–water partition coefficient (Wildman–Crippen LogP) is 2.75. The average Bonchev–Trinajstić information content (AvgIpc) is 2.55. The molecule has 2 aromatic rings. The molecule has 0 radical (unpaired) electrons. The zero-order valence-corrected chi connectivity index (χ0v) is 12.2. The van der Waals surface area contributed by atoms with Gasteiger partial charge in [0.25, 0.3) is 5.91 Å². The first-order valence-electron chi connectivity index (χ1n) is 6.86. The van der Waals surface area contributed by atoms with Crippen LogP contribution in [0, 0.1) is 0 Å². The molecule has 2 N–H and O–H groups in total. The second-order valence-corrected chi connectivity index (χ2v) is 4.70. The lowest BCUT2D eigenvalue weighted by Crippen LogP contribution is -2.15. The van der Waals surface area contributed by atoms with Gasteiger partial charge in [-0.05, 0) is 30.2 Å². The molecule has 0 saturated heterocycles. The Morgan fingerprint density at radius 3 is 2.50 bits per heavy atom. The van der Waals surface area contributed by atoms with E-state index in [0.717, 1.165) is 5.56 Å². The number of amides is 1. The number of nitrogens with one attached hydrogen (secondary N) is 1. The first-order valence-corrected chi connectivity index (χ1v) is 6.86. The van der Waals surface area contributed by atoms with Gasteiger partial charge in [-0.1, -0.05) is 30.3 Å². The summed E-state index contributed by atoms with van der Waals surface area (Å²) >= 11 is 0. The number of aromatic hydroxyl groups is 1. The number of aryl methyl sites for hydroxylation is 1. The predicted molar refractivity (Wildman–Crippen MR) is 82.8 cm³/mol. The Balaban J connectivity index is 2.16. The molecule has 0 aliphatic rings. The maximum Gasteiger partial charge on any atom is 0.305 e. The molecular formula is C17H17NO4. The van der Waals surface area contributed by atoms with E-state index in [0.29, 0.717) is 17.7 Å². The fourth-order valence-corrected chi connectivity index (χ4v) is 2.07. The van der Waals surface area contributed by atoms with Crippen molar-refractivity contribution in [3.8, 4) is 5.75 Å². The van der Waals surface area contributed by atoms with Crippen LogP contribution in [0.3, 0.4) is 0 Å². The van der Waals surface area contributed by atoms with Gasteiger partial charge in [-0.15, -0.1) is 0 Å². The fourth-order valence-electron chi connectivity index (χ4n) is 2.07. The molecule has 114 valence electrons. The van der Waals surface area contributed by atoms with E-state index in [9.17, 15) is 14.7 Å². The van der Waals surface area contributed by atoms with E-state index < -0.39 is 0 Å². The van der Waals surface area contributed by atoms with Gasteiger partial charge >= 0.3 is 5.97 Å². The van der Waals surface area contributed by atoms with Gasteiger partial charge in [0.05, 0.1) is 12.8 Å². The zero-order chi connectivity index (χ0) is 15.9.